The predicted octanol–water partition coefficient (Wildman–Crippen LogP) is 4.37. The maximum atomic E-state index is 10.4. The van der Waals surface area contributed by atoms with Crippen molar-refractivity contribution in [1.82, 2.24) is 0 Å². The minimum Gasteiger partial charge on any atom is -0.507 e. The molecule has 0 aliphatic carbocycles. The number of nitrogens with zero attached hydrogens (tertiary/aromatic N) is 1. The molecule has 0 aliphatic heterocycles. The molecular weight excluding hydrogens is 262 g/mol. The number of nitriles is 1. The first-order valence-corrected chi connectivity index (χ1v) is 6.90. The Morgan fingerprint density at radius 2 is 1.90 bits per heavy atom. The van der Waals surface area contributed by atoms with E-state index in [1.54, 1.807) is 19.2 Å². The summed E-state index contributed by atoms with van der Waals surface area (Å²) >= 11 is 0. The van der Waals surface area contributed by atoms with Gasteiger partial charge < -0.3 is 9.84 Å². The van der Waals surface area contributed by atoms with Crippen LogP contribution in [0.25, 0.3) is 11.1 Å². The Morgan fingerprint density at radius 3 is 2.48 bits per heavy atom. The Hall–Kier alpha value is -2.47. The van der Waals surface area contributed by atoms with Gasteiger partial charge >= 0.3 is 0 Å². The molecule has 1 N–H and O–H groups in total. The van der Waals surface area contributed by atoms with Crippen LogP contribution in [-0.4, -0.2) is 12.2 Å². The van der Waals surface area contributed by atoms with Crippen LogP contribution in [0.1, 0.15) is 36.5 Å². The molecule has 2 rings (SSSR count). The van der Waals surface area contributed by atoms with Crippen molar-refractivity contribution in [2.75, 3.05) is 7.11 Å². The van der Waals surface area contributed by atoms with Gasteiger partial charge in [0, 0.05) is 5.56 Å². The largest absolute Gasteiger partial charge is 0.507 e. The SMILES string of the molecule is COc1cc(C)cc(O)c1-c1c(C#N)cccc1C(C)C. The molecule has 0 heterocycles. The third-order valence-electron chi connectivity index (χ3n) is 3.53. The number of rotatable bonds is 3. The molecule has 0 fully saturated rings. The van der Waals surface area contributed by atoms with E-state index in [2.05, 4.69) is 19.9 Å². The van der Waals surface area contributed by atoms with Gasteiger partial charge in [-0.2, -0.15) is 5.26 Å². The highest BCUT2D eigenvalue weighted by atomic mass is 16.5. The van der Waals surface area contributed by atoms with Crippen molar-refractivity contribution < 1.29 is 9.84 Å². The molecule has 0 bridgehead atoms. The fraction of sp³-hybridized carbons (Fsp3) is 0.278. The summed E-state index contributed by atoms with van der Waals surface area (Å²) in [6.45, 7) is 6.03. The summed E-state index contributed by atoms with van der Waals surface area (Å²) in [6, 6.07) is 11.4. The van der Waals surface area contributed by atoms with Crippen LogP contribution in [0.5, 0.6) is 11.5 Å². The van der Waals surface area contributed by atoms with E-state index < -0.39 is 0 Å². The second-order valence-electron chi connectivity index (χ2n) is 5.40. The second kappa shape index (κ2) is 5.88. The minimum atomic E-state index is 0.136. The van der Waals surface area contributed by atoms with Crippen molar-refractivity contribution in [3.63, 3.8) is 0 Å². The van der Waals surface area contributed by atoms with Gasteiger partial charge in [-0.05, 0) is 42.2 Å². The van der Waals surface area contributed by atoms with Crippen LogP contribution in [0.3, 0.4) is 0 Å². The van der Waals surface area contributed by atoms with Crippen LogP contribution in [0.2, 0.25) is 0 Å². The molecule has 108 valence electrons. The van der Waals surface area contributed by atoms with Gasteiger partial charge in [-0.15, -0.1) is 0 Å². The lowest BCUT2D eigenvalue weighted by molar-refractivity contribution is 0.409. The summed E-state index contributed by atoms with van der Waals surface area (Å²) in [7, 11) is 1.57. The lowest BCUT2D eigenvalue weighted by Crippen LogP contribution is -1.98. The quantitative estimate of drug-likeness (QED) is 0.908. The van der Waals surface area contributed by atoms with Crippen LogP contribution < -0.4 is 4.74 Å². The second-order valence-corrected chi connectivity index (χ2v) is 5.40. The molecule has 3 heteroatoms. The van der Waals surface area contributed by atoms with Gasteiger partial charge in [-0.3, -0.25) is 0 Å². The zero-order chi connectivity index (χ0) is 15.6. The number of benzene rings is 2. The van der Waals surface area contributed by atoms with Crippen LogP contribution in [0.4, 0.5) is 0 Å². The van der Waals surface area contributed by atoms with Crippen LogP contribution in [-0.2, 0) is 0 Å². The molecule has 3 nitrogen and oxygen atoms in total. The number of hydrogen-bond acceptors (Lipinski definition) is 3. The van der Waals surface area contributed by atoms with Gasteiger partial charge in [0.05, 0.1) is 24.3 Å². The summed E-state index contributed by atoms with van der Waals surface area (Å²) in [5.74, 6) is 0.951. The van der Waals surface area contributed by atoms with Crippen molar-refractivity contribution in [3.05, 3.63) is 47.0 Å². The molecule has 0 aliphatic rings. The molecule has 0 saturated heterocycles. The summed E-state index contributed by atoms with van der Waals surface area (Å²) < 4.78 is 5.43. The number of aryl methyl sites for hydroxylation is 1. The fourth-order valence-electron chi connectivity index (χ4n) is 2.57. The molecule has 0 radical (unpaired) electrons. The standard InChI is InChI=1S/C18H19NO2/c1-11(2)14-7-5-6-13(10-19)17(14)18-15(20)8-12(3)9-16(18)21-4/h5-9,11,20H,1-4H3. The minimum absolute atomic E-state index is 0.136. The van der Waals surface area contributed by atoms with Gasteiger partial charge in [0.1, 0.15) is 11.5 Å². The van der Waals surface area contributed by atoms with E-state index in [4.69, 9.17) is 4.74 Å². The fourth-order valence-corrected chi connectivity index (χ4v) is 2.57. The zero-order valence-electron chi connectivity index (χ0n) is 12.8. The van der Waals surface area contributed by atoms with Gasteiger partial charge in [-0.25, -0.2) is 0 Å². The van der Waals surface area contributed by atoms with Gasteiger partial charge in [0.2, 0.25) is 0 Å². The number of methoxy groups -OCH3 is 1. The third-order valence-corrected chi connectivity index (χ3v) is 3.53. The van der Waals surface area contributed by atoms with Crippen LogP contribution >= 0.6 is 0 Å². The molecule has 0 amide bonds. The molecule has 2 aromatic rings. The topological polar surface area (TPSA) is 53.2 Å². The number of ether oxygens (including phenoxy) is 1. The van der Waals surface area contributed by atoms with Crippen molar-refractivity contribution in [3.8, 4) is 28.7 Å². The lowest BCUT2D eigenvalue weighted by Gasteiger charge is -2.18. The number of phenolic OH excluding ortho intramolecular Hbond substituents is 1. The highest BCUT2D eigenvalue weighted by Gasteiger charge is 2.20. The average molecular weight is 281 g/mol. The first kappa shape index (κ1) is 14.9. The Bertz CT molecular complexity index is 712. The number of hydrogen-bond donors (Lipinski definition) is 1. The lowest BCUT2D eigenvalue weighted by atomic mass is 9.88. The van der Waals surface area contributed by atoms with Crippen molar-refractivity contribution in [2.24, 2.45) is 0 Å². The Morgan fingerprint density at radius 1 is 1.19 bits per heavy atom. The van der Waals surface area contributed by atoms with E-state index in [9.17, 15) is 10.4 Å². The highest BCUT2D eigenvalue weighted by Crippen LogP contribution is 2.43. The van der Waals surface area contributed by atoms with Gasteiger partial charge in [0.15, 0.2) is 0 Å². The first-order valence-electron chi connectivity index (χ1n) is 6.90. The number of phenols is 1. The van der Waals surface area contributed by atoms with Crippen LogP contribution in [0, 0.1) is 18.3 Å². The normalized spacial score (nSPS) is 10.5. The highest BCUT2D eigenvalue weighted by molar-refractivity contribution is 5.83. The monoisotopic (exact) mass is 281 g/mol. The molecule has 0 saturated carbocycles. The summed E-state index contributed by atoms with van der Waals surface area (Å²) in [6.07, 6.45) is 0. The molecule has 0 spiro atoms. The van der Waals surface area contributed by atoms with E-state index >= 15 is 0 Å². The van der Waals surface area contributed by atoms with E-state index in [1.165, 1.54) is 0 Å². The third kappa shape index (κ3) is 2.71. The van der Waals surface area contributed by atoms with E-state index in [1.807, 2.05) is 25.1 Å². The van der Waals surface area contributed by atoms with E-state index in [0.29, 0.717) is 16.9 Å². The Kier molecular flexibility index (Phi) is 4.18. The van der Waals surface area contributed by atoms with Crippen LogP contribution in [0.15, 0.2) is 30.3 Å². The van der Waals surface area contributed by atoms with Crippen molar-refractivity contribution >= 4 is 0 Å². The summed E-state index contributed by atoms with van der Waals surface area (Å²) in [4.78, 5) is 0. The molecular formula is C18H19NO2. The Labute approximate surface area is 125 Å². The first-order chi connectivity index (χ1) is 9.99. The average Bonchev–Trinajstić information content (AvgIpc) is 2.45. The van der Waals surface area contributed by atoms with Gasteiger partial charge in [-0.1, -0.05) is 26.0 Å². The molecule has 0 aromatic heterocycles. The summed E-state index contributed by atoms with van der Waals surface area (Å²) in [5, 5.41) is 19.8. The molecule has 2 aromatic carbocycles. The maximum Gasteiger partial charge on any atom is 0.130 e. The van der Waals surface area contributed by atoms with E-state index in [0.717, 1.165) is 16.7 Å². The molecule has 0 unspecified atom stereocenters. The van der Waals surface area contributed by atoms with Crippen molar-refractivity contribution in [1.29, 1.82) is 5.26 Å². The van der Waals surface area contributed by atoms with E-state index in [-0.39, 0.29) is 11.7 Å². The predicted molar refractivity (Wildman–Crippen MR) is 83.6 cm³/mol. The zero-order valence-corrected chi connectivity index (χ0v) is 12.8. The molecule has 21 heavy (non-hydrogen) atoms. The van der Waals surface area contributed by atoms with Gasteiger partial charge in [0.25, 0.3) is 0 Å². The smallest absolute Gasteiger partial charge is 0.130 e. The summed E-state index contributed by atoms with van der Waals surface area (Å²) in [5.41, 5.74) is 3.81. The number of aromatic hydroxyl groups is 1. The maximum absolute atomic E-state index is 10.4. The van der Waals surface area contributed by atoms with Crippen molar-refractivity contribution in [2.45, 2.75) is 26.7 Å². The Balaban J connectivity index is 2.88. The molecule has 0 atom stereocenters.